The average molecular weight is 242 g/mol. The number of carboxylic acid groups (broad SMARTS) is 1. The smallest absolute Gasteiger partial charge is 0.317 e. The van der Waals surface area contributed by atoms with Crippen LogP contribution in [0.2, 0.25) is 0 Å². The molecule has 1 saturated carbocycles. The largest absolute Gasteiger partial charge is 0.481 e. The summed E-state index contributed by atoms with van der Waals surface area (Å²) in [6.45, 7) is 3.99. The molecule has 0 aromatic heterocycles. The first kappa shape index (κ1) is 13.8. The van der Waals surface area contributed by atoms with E-state index in [0.717, 1.165) is 19.3 Å². The summed E-state index contributed by atoms with van der Waals surface area (Å²) < 4.78 is 0. The Hall–Kier alpha value is -1.26. The Morgan fingerprint density at radius 2 is 2.06 bits per heavy atom. The van der Waals surface area contributed by atoms with Crippen LogP contribution in [-0.2, 0) is 4.79 Å². The van der Waals surface area contributed by atoms with Crippen LogP contribution in [0.1, 0.15) is 39.5 Å². The van der Waals surface area contributed by atoms with Gasteiger partial charge in [0.1, 0.15) is 0 Å². The molecule has 1 fully saturated rings. The molecule has 0 spiro atoms. The van der Waals surface area contributed by atoms with Gasteiger partial charge in [0.2, 0.25) is 0 Å². The van der Waals surface area contributed by atoms with Gasteiger partial charge in [-0.2, -0.15) is 0 Å². The van der Waals surface area contributed by atoms with Gasteiger partial charge in [0.25, 0.3) is 0 Å². The Labute approximate surface area is 102 Å². The minimum atomic E-state index is -0.853. The van der Waals surface area contributed by atoms with E-state index < -0.39 is 5.97 Å². The molecule has 1 aliphatic carbocycles. The van der Waals surface area contributed by atoms with Crippen molar-refractivity contribution >= 4 is 12.0 Å². The zero-order valence-electron chi connectivity index (χ0n) is 10.8. The summed E-state index contributed by atoms with van der Waals surface area (Å²) in [6.07, 6.45) is 2.94. The maximum absolute atomic E-state index is 11.9. The second kappa shape index (κ2) is 5.89. The number of nitrogens with one attached hydrogen (secondary N) is 1. The van der Waals surface area contributed by atoms with Crippen molar-refractivity contribution in [2.75, 3.05) is 7.05 Å². The average Bonchev–Trinajstić information content (AvgIpc) is 3.09. The van der Waals surface area contributed by atoms with Crippen molar-refractivity contribution in [3.63, 3.8) is 0 Å². The highest BCUT2D eigenvalue weighted by molar-refractivity contribution is 5.76. The number of amides is 2. The molecule has 0 bridgehead atoms. The zero-order chi connectivity index (χ0) is 13.0. The third-order valence-electron chi connectivity index (χ3n) is 3.47. The van der Waals surface area contributed by atoms with Crippen molar-refractivity contribution < 1.29 is 14.7 Å². The van der Waals surface area contributed by atoms with Gasteiger partial charge in [-0.25, -0.2) is 4.79 Å². The van der Waals surface area contributed by atoms with Gasteiger partial charge >= 0.3 is 12.0 Å². The lowest BCUT2D eigenvalue weighted by Crippen LogP contribution is -2.47. The van der Waals surface area contributed by atoms with Crippen LogP contribution in [0.15, 0.2) is 0 Å². The molecule has 0 saturated heterocycles. The van der Waals surface area contributed by atoms with E-state index in [2.05, 4.69) is 5.32 Å². The van der Waals surface area contributed by atoms with Crippen molar-refractivity contribution in [1.82, 2.24) is 10.2 Å². The Kier molecular flexibility index (Phi) is 4.78. The molecule has 0 radical (unpaired) electrons. The lowest BCUT2D eigenvalue weighted by Gasteiger charge is -2.27. The summed E-state index contributed by atoms with van der Waals surface area (Å²) in [5, 5.41) is 11.6. The number of aliphatic carboxylic acids is 1. The molecule has 5 heteroatoms. The first-order valence-corrected chi connectivity index (χ1v) is 6.20. The van der Waals surface area contributed by atoms with Crippen LogP contribution in [0.3, 0.4) is 0 Å². The van der Waals surface area contributed by atoms with Gasteiger partial charge in [0, 0.05) is 19.1 Å². The number of rotatable bonds is 6. The fourth-order valence-corrected chi connectivity index (χ4v) is 1.76. The topological polar surface area (TPSA) is 69.6 Å². The molecule has 98 valence electrons. The van der Waals surface area contributed by atoms with Crippen molar-refractivity contribution in [2.45, 2.75) is 51.6 Å². The predicted molar refractivity (Wildman–Crippen MR) is 64.8 cm³/mol. The third kappa shape index (κ3) is 4.24. The number of urea groups is 1. The Bertz CT molecular complexity index is 289. The summed E-state index contributed by atoms with van der Waals surface area (Å²) in [6, 6.07) is -0.219. The van der Waals surface area contributed by atoms with E-state index in [1.807, 2.05) is 13.8 Å². The maximum Gasteiger partial charge on any atom is 0.317 e. The number of hydrogen-bond acceptors (Lipinski definition) is 2. The van der Waals surface area contributed by atoms with E-state index in [1.165, 1.54) is 0 Å². The zero-order valence-corrected chi connectivity index (χ0v) is 10.8. The Morgan fingerprint density at radius 3 is 2.47 bits per heavy atom. The number of carbonyl (C=O) groups excluding carboxylic acids is 1. The minimum Gasteiger partial charge on any atom is -0.481 e. The predicted octanol–water partition coefficient (Wildman–Crippen LogP) is 1.68. The van der Waals surface area contributed by atoms with E-state index in [9.17, 15) is 9.59 Å². The number of nitrogens with zero attached hydrogens (tertiary/aromatic N) is 1. The van der Waals surface area contributed by atoms with E-state index in [4.69, 9.17) is 5.11 Å². The maximum atomic E-state index is 11.9. The highest BCUT2D eigenvalue weighted by atomic mass is 16.4. The van der Waals surface area contributed by atoms with Crippen molar-refractivity contribution in [3.05, 3.63) is 0 Å². The molecular weight excluding hydrogens is 220 g/mol. The molecule has 0 heterocycles. The van der Waals surface area contributed by atoms with Gasteiger partial charge in [-0.1, -0.05) is 6.92 Å². The summed E-state index contributed by atoms with van der Waals surface area (Å²) in [5.41, 5.74) is 0. The van der Waals surface area contributed by atoms with Crippen LogP contribution in [-0.4, -0.2) is 41.1 Å². The number of carboxylic acids is 1. The van der Waals surface area contributed by atoms with Crippen LogP contribution in [0.5, 0.6) is 0 Å². The minimum absolute atomic E-state index is 0.0186. The molecular formula is C12H22N2O3. The molecule has 1 aliphatic rings. The lowest BCUT2D eigenvalue weighted by molar-refractivity contribution is -0.137. The second-order valence-electron chi connectivity index (χ2n) is 4.86. The van der Waals surface area contributed by atoms with Crippen LogP contribution in [0, 0.1) is 5.92 Å². The fourth-order valence-electron chi connectivity index (χ4n) is 1.76. The van der Waals surface area contributed by atoms with E-state index in [1.54, 1.807) is 11.9 Å². The van der Waals surface area contributed by atoms with Crippen LogP contribution in [0.25, 0.3) is 0 Å². The fraction of sp³-hybridized carbons (Fsp3) is 0.833. The van der Waals surface area contributed by atoms with Crippen molar-refractivity contribution in [2.24, 2.45) is 5.92 Å². The molecule has 0 aromatic rings. The molecule has 2 unspecified atom stereocenters. The normalized spacial score (nSPS) is 18.3. The monoisotopic (exact) mass is 242 g/mol. The summed E-state index contributed by atoms with van der Waals surface area (Å²) >= 11 is 0. The molecule has 0 aliphatic heterocycles. The first-order chi connectivity index (χ1) is 7.95. The number of hydrogen-bond donors (Lipinski definition) is 2. The summed E-state index contributed by atoms with van der Waals surface area (Å²) in [4.78, 5) is 24.2. The van der Waals surface area contributed by atoms with Crippen molar-refractivity contribution in [1.29, 1.82) is 0 Å². The Morgan fingerprint density at radius 1 is 1.47 bits per heavy atom. The molecule has 1 rings (SSSR count). The second-order valence-corrected chi connectivity index (χ2v) is 4.86. The Balaban J connectivity index is 2.48. The standard InChI is InChI=1S/C12H22N2O3/c1-4-8(2)14(3)12(17)13-10(7-11(15)16)9-5-6-9/h8-10H,4-7H2,1-3H3,(H,13,17)(H,15,16). The highest BCUT2D eigenvalue weighted by Gasteiger charge is 2.34. The van der Waals surface area contributed by atoms with E-state index >= 15 is 0 Å². The van der Waals surface area contributed by atoms with Crippen LogP contribution >= 0.6 is 0 Å². The summed E-state index contributed by atoms with van der Waals surface area (Å²) in [7, 11) is 1.74. The van der Waals surface area contributed by atoms with Crippen molar-refractivity contribution in [3.8, 4) is 0 Å². The van der Waals surface area contributed by atoms with Gasteiger partial charge in [0.15, 0.2) is 0 Å². The van der Waals surface area contributed by atoms with Gasteiger partial charge < -0.3 is 15.3 Å². The number of carbonyl (C=O) groups is 2. The third-order valence-corrected chi connectivity index (χ3v) is 3.47. The van der Waals surface area contributed by atoms with E-state index in [-0.39, 0.29) is 24.5 Å². The molecule has 2 amide bonds. The lowest BCUT2D eigenvalue weighted by atomic mass is 10.1. The summed E-state index contributed by atoms with van der Waals surface area (Å²) in [5.74, 6) is -0.506. The molecule has 5 nitrogen and oxygen atoms in total. The quantitative estimate of drug-likeness (QED) is 0.744. The van der Waals surface area contributed by atoms with E-state index in [0.29, 0.717) is 5.92 Å². The molecule has 2 N–H and O–H groups in total. The van der Waals surface area contributed by atoms with Crippen LogP contribution < -0.4 is 5.32 Å². The molecule has 2 atom stereocenters. The first-order valence-electron chi connectivity index (χ1n) is 6.20. The van der Waals surface area contributed by atoms with Gasteiger partial charge in [-0.3, -0.25) is 4.79 Å². The van der Waals surface area contributed by atoms with Gasteiger partial charge in [0.05, 0.1) is 6.42 Å². The molecule has 0 aromatic carbocycles. The van der Waals surface area contributed by atoms with Crippen LogP contribution in [0.4, 0.5) is 4.79 Å². The van der Waals surface area contributed by atoms with Gasteiger partial charge in [-0.15, -0.1) is 0 Å². The SMILES string of the molecule is CCC(C)N(C)C(=O)NC(CC(=O)O)C1CC1. The van der Waals surface area contributed by atoms with Gasteiger partial charge in [-0.05, 0) is 32.1 Å². The highest BCUT2D eigenvalue weighted by Crippen LogP contribution is 2.34. The molecule has 17 heavy (non-hydrogen) atoms.